The van der Waals surface area contributed by atoms with Gasteiger partial charge >= 0.3 is 0 Å². The molecule has 160 valence electrons. The first-order valence-electron chi connectivity index (χ1n) is 9.44. The monoisotopic (exact) mass is 416 g/mol. The van der Waals surface area contributed by atoms with E-state index in [9.17, 15) is 10.1 Å². The second-order valence-corrected chi connectivity index (χ2v) is 7.08. The van der Waals surface area contributed by atoms with Crippen LogP contribution in [-0.4, -0.2) is 31.6 Å². The third-order valence-corrected chi connectivity index (χ3v) is 4.24. The summed E-state index contributed by atoms with van der Waals surface area (Å²) in [6.45, 7) is 5.09. The molecule has 0 saturated heterocycles. The Morgan fingerprint density at radius 3 is 2.83 bits per heavy atom. The van der Waals surface area contributed by atoms with Crippen molar-refractivity contribution in [2.45, 2.75) is 27.1 Å². The molecule has 0 spiro atoms. The van der Waals surface area contributed by atoms with Crippen molar-refractivity contribution in [3.8, 4) is 17.2 Å². The van der Waals surface area contributed by atoms with E-state index in [1.54, 1.807) is 13.2 Å². The molecule has 0 radical (unpaired) electrons. The summed E-state index contributed by atoms with van der Waals surface area (Å²) in [6.07, 6.45) is 1.53. The minimum Gasteiger partial charge on any atom is -0.493 e. The summed E-state index contributed by atoms with van der Waals surface area (Å²) >= 11 is 0. The molecule has 2 aromatic carbocycles. The molecule has 0 aromatic heterocycles. The summed E-state index contributed by atoms with van der Waals surface area (Å²) in [4.78, 5) is 16.1. The number of benzene rings is 2. The Balaban J connectivity index is 1.68. The van der Waals surface area contributed by atoms with Gasteiger partial charge in [-0.1, -0.05) is 19.0 Å². The van der Waals surface area contributed by atoms with Gasteiger partial charge in [-0.05, 0) is 24.1 Å². The van der Waals surface area contributed by atoms with Gasteiger partial charge in [0.25, 0.3) is 5.69 Å². The molecule has 2 aromatic rings. The van der Waals surface area contributed by atoms with Crippen LogP contribution in [0.4, 0.5) is 5.69 Å². The van der Waals surface area contributed by atoms with Gasteiger partial charge in [0.1, 0.15) is 12.4 Å². The van der Waals surface area contributed by atoms with Gasteiger partial charge < -0.3 is 23.8 Å². The molecule has 0 saturated carbocycles. The van der Waals surface area contributed by atoms with Crippen LogP contribution in [0, 0.1) is 16.0 Å². The smallest absolute Gasteiger partial charge is 0.270 e. The van der Waals surface area contributed by atoms with Crippen LogP contribution in [0.1, 0.15) is 30.5 Å². The molecule has 0 atom stereocenters. The van der Waals surface area contributed by atoms with E-state index in [1.165, 1.54) is 18.3 Å². The topological polar surface area (TPSA) is 102 Å². The van der Waals surface area contributed by atoms with Crippen molar-refractivity contribution >= 4 is 11.9 Å². The zero-order valence-electron chi connectivity index (χ0n) is 17.1. The lowest BCUT2D eigenvalue weighted by Crippen LogP contribution is -2.14. The second-order valence-electron chi connectivity index (χ2n) is 7.08. The van der Waals surface area contributed by atoms with E-state index in [0.717, 1.165) is 5.56 Å². The largest absolute Gasteiger partial charge is 0.493 e. The highest BCUT2D eigenvalue weighted by atomic mass is 16.7. The summed E-state index contributed by atoms with van der Waals surface area (Å²) < 4.78 is 21.8. The molecule has 0 fully saturated rings. The zero-order valence-corrected chi connectivity index (χ0v) is 17.1. The molecule has 9 nitrogen and oxygen atoms in total. The van der Waals surface area contributed by atoms with Gasteiger partial charge in [-0.2, -0.15) is 0 Å². The highest BCUT2D eigenvalue weighted by molar-refractivity contribution is 5.80. The number of nitro groups is 1. The average molecular weight is 416 g/mol. The van der Waals surface area contributed by atoms with Crippen LogP contribution >= 0.6 is 0 Å². The SMILES string of the molecule is COc1cc(/C=N\OCc2cc([N+](=O)[O-])cc3c2OCOC3)ccc1OCC(C)C. The maximum absolute atomic E-state index is 11.2. The number of nitrogens with zero attached hydrogens (tertiary/aromatic N) is 2. The standard InChI is InChI=1S/C21H24N2O7/c1-14(2)10-28-19-5-4-15(6-20(19)26-3)9-22-30-12-17-8-18(23(24)25)7-16-11-27-13-29-21(16)17/h4-9,14H,10-13H2,1-3H3/b22-9-. The fourth-order valence-corrected chi connectivity index (χ4v) is 2.84. The van der Waals surface area contributed by atoms with Crippen molar-refractivity contribution in [2.75, 3.05) is 20.5 Å². The maximum Gasteiger partial charge on any atom is 0.270 e. The molecular formula is C21H24N2O7. The van der Waals surface area contributed by atoms with E-state index in [0.29, 0.717) is 40.9 Å². The number of ether oxygens (including phenoxy) is 4. The van der Waals surface area contributed by atoms with Gasteiger partial charge in [-0.3, -0.25) is 10.1 Å². The third-order valence-electron chi connectivity index (χ3n) is 4.24. The number of non-ortho nitro benzene ring substituents is 1. The van der Waals surface area contributed by atoms with E-state index >= 15 is 0 Å². The van der Waals surface area contributed by atoms with Gasteiger partial charge in [0.2, 0.25) is 0 Å². The van der Waals surface area contributed by atoms with Crippen LogP contribution in [0.5, 0.6) is 17.2 Å². The molecule has 1 aliphatic rings. The number of fused-ring (bicyclic) bond motifs is 1. The molecule has 3 rings (SSSR count). The van der Waals surface area contributed by atoms with E-state index in [-0.39, 0.29) is 25.7 Å². The lowest BCUT2D eigenvalue weighted by Gasteiger charge is -2.20. The Labute approximate surface area is 174 Å². The van der Waals surface area contributed by atoms with Crippen molar-refractivity contribution in [3.63, 3.8) is 0 Å². The molecule has 1 aliphatic heterocycles. The predicted octanol–water partition coefficient (Wildman–Crippen LogP) is 4.06. The van der Waals surface area contributed by atoms with E-state index < -0.39 is 4.92 Å². The quantitative estimate of drug-likeness (QED) is 0.345. The number of methoxy groups -OCH3 is 1. The Morgan fingerprint density at radius 2 is 2.10 bits per heavy atom. The fourth-order valence-electron chi connectivity index (χ4n) is 2.84. The Kier molecular flexibility index (Phi) is 7.08. The van der Waals surface area contributed by atoms with Crippen LogP contribution in [0.3, 0.4) is 0 Å². The molecule has 0 N–H and O–H groups in total. The molecule has 0 aliphatic carbocycles. The van der Waals surface area contributed by atoms with Gasteiger partial charge in [-0.15, -0.1) is 0 Å². The normalized spacial score (nSPS) is 13.1. The zero-order chi connectivity index (χ0) is 21.5. The van der Waals surface area contributed by atoms with Crippen LogP contribution in [0.2, 0.25) is 0 Å². The molecule has 0 unspecified atom stereocenters. The number of oxime groups is 1. The lowest BCUT2D eigenvalue weighted by atomic mass is 10.1. The predicted molar refractivity (Wildman–Crippen MR) is 109 cm³/mol. The average Bonchev–Trinajstić information content (AvgIpc) is 2.75. The summed E-state index contributed by atoms with van der Waals surface area (Å²) in [5.74, 6) is 2.20. The van der Waals surface area contributed by atoms with Crippen LogP contribution in [0.25, 0.3) is 0 Å². The highest BCUT2D eigenvalue weighted by Crippen LogP contribution is 2.33. The van der Waals surface area contributed by atoms with Gasteiger partial charge in [0.15, 0.2) is 18.3 Å². The lowest BCUT2D eigenvalue weighted by molar-refractivity contribution is -0.385. The molecule has 30 heavy (non-hydrogen) atoms. The van der Waals surface area contributed by atoms with Crippen molar-refractivity contribution < 1.29 is 28.7 Å². The number of hydrogen-bond donors (Lipinski definition) is 0. The van der Waals surface area contributed by atoms with Gasteiger partial charge in [-0.25, -0.2) is 0 Å². The first-order valence-corrected chi connectivity index (χ1v) is 9.44. The first kappa shape index (κ1) is 21.4. The minimum atomic E-state index is -0.461. The van der Waals surface area contributed by atoms with Crippen molar-refractivity contribution in [2.24, 2.45) is 11.1 Å². The number of nitro benzene ring substituents is 1. The third kappa shape index (κ3) is 5.38. The molecule has 1 heterocycles. The fraction of sp³-hybridized carbons (Fsp3) is 0.381. The second kappa shape index (κ2) is 9.93. The Morgan fingerprint density at radius 1 is 1.27 bits per heavy atom. The molecule has 9 heteroatoms. The molecular weight excluding hydrogens is 392 g/mol. The molecule has 0 bridgehead atoms. The number of rotatable bonds is 9. The summed E-state index contributed by atoms with van der Waals surface area (Å²) in [7, 11) is 1.57. The van der Waals surface area contributed by atoms with E-state index in [4.69, 9.17) is 23.8 Å². The highest BCUT2D eigenvalue weighted by Gasteiger charge is 2.21. The van der Waals surface area contributed by atoms with Gasteiger partial charge in [0, 0.05) is 28.8 Å². The summed E-state index contributed by atoms with van der Waals surface area (Å²) in [6, 6.07) is 8.30. The Bertz CT molecular complexity index is 928. The van der Waals surface area contributed by atoms with E-state index in [1.807, 2.05) is 12.1 Å². The van der Waals surface area contributed by atoms with E-state index in [2.05, 4.69) is 19.0 Å². The maximum atomic E-state index is 11.2. The van der Waals surface area contributed by atoms with Crippen LogP contribution < -0.4 is 14.2 Å². The molecule has 0 amide bonds. The van der Waals surface area contributed by atoms with Crippen LogP contribution in [-0.2, 0) is 22.8 Å². The Hall–Kier alpha value is -3.33. The first-order chi connectivity index (χ1) is 14.5. The minimum absolute atomic E-state index is 0.0211. The van der Waals surface area contributed by atoms with Crippen molar-refractivity contribution in [1.29, 1.82) is 0 Å². The van der Waals surface area contributed by atoms with Gasteiger partial charge in [0.05, 0.1) is 31.5 Å². The summed E-state index contributed by atoms with van der Waals surface area (Å²) in [5, 5.41) is 15.1. The number of hydrogen-bond acceptors (Lipinski definition) is 8. The van der Waals surface area contributed by atoms with Crippen LogP contribution in [0.15, 0.2) is 35.5 Å². The van der Waals surface area contributed by atoms with Crippen molar-refractivity contribution in [3.05, 3.63) is 57.1 Å². The van der Waals surface area contributed by atoms with Crippen molar-refractivity contribution in [1.82, 2.24) is 0 Å². The summed E-state index contributed by atoms with van der Waals surface area (Å²) in [5.41, 5.74) is 1.86.